The molecule has 0 aliphatic heterocycles. The van der Waals surface area contributed by atoms with Crippen LogP contribution in [0.25, 0.3) is 0 Å². The fraction of sp³-hybridized carbons (Fsp3) is 0.125. The van der Waals surface area contributed by atoms with E-state index < -0.39 is 11.7 Å². The van der Waals surface area contributed by atoms with E-state index in [0.717, 1.165) is 0 Å². The highest BCUT2D eigenvalue weighted by Gasteiger charge is 2.07. The average Bonchev–Trinajstić information content (AvgIpc) is 2.57. The Balaban J connectivity index is 1.91. The Morgan fingerprint density at radius 1 is 1.38 bits per heavy atom. The summed E-state index contributed by atoms with van der Waals surface area (Å²) in [6.07, 6.45) is 1.34. The van der Waals surface area contributed by atoms with Crippen molar-refractivity contribution < 1.29 is 23.8 Å². The van der Waals surface area contributed by atoms with Crippen LogP contribution in [0.15, 0.2) is 46.0 Å². The monoisotopic (exact) mass is 396 g/mol. The first kappa shape index (κ1) is 17.7. The Bertz CT molecular complexity index is 768. The van der Waals surface area contributed by atoms with E-state index in [-0.39, 0.29) is 18.1 Å². The number of ether oxygens (including phenoxy) is 2. The number of phenolic OH excluding ortho intramolecular Hbond substituents is 1. The van der Waals surface area contributed by atoms with Gasteiger partial charge in [0, 0.05) is 10.0 Å². The zero-order valence-corrected chi connectivity index (χ0v) is 14.2. The SMILES string of the molecule is COc1cc(Br)c(/C=N\NC(=O)COc2ccccc2F)cc1O. The second-order valence-electron chi connectivity index (χ2n) is 4.56. The number of hydrazone groups is 1. The van der Waals surface area contributed by atoms with Crippen LogP contribution in [0.5, 0.6) is 17.2 Å². The number of phenols is 1. The molecule has 0 bridgehead atoms. The van der Waals surface area contributed by atoms with Crippen molar-refractivity contribution in [3.05, 3.63) is 52.3 Å². The molecule has 0 aromatic heterocycles. The maximum Gasteiger partial charge on any atom is 0.277 e. The maximum absolute atomic E-state index is 13.3. The lowest BCUT2D eigenvalue weighted by Gasteiger charge is -2.07. The first-order valence-corrected chi connectivity index (χ1v) is 7.56. The molecule has 0 spiro atoms. The Labute approximate surface area is 146 Å². The summed E-state index contributed by atoms with van der Waals surface area (Å²) in [6, 6.07) is 8.77. The third kappa shape index (κ3) is 4.69. The molecule has 0 radical (unpaired) electrons. The molecule has 0 atom stereocenters. The van der Waals surface area contributed by atoms with Gasteiger partial charge in [0.2, 0.25) is 0 Å². The molecule has 1 amide bonds. The van der Waals surface area contributed by atoms with Gasteiger partial charge in [-0.1, -0.05) is 12.1 Å². The second kappa shape index (κ2) is 8.30. The smallest absolute Gasteiger partial charge is 0.277 e. The van der Waals surface area contributed by atoms with Gasteiger partial charge in [0.05, 0.1) is 13.3 Å². The van der Waals surface area contributed by atoms with Crippen molar-refractivity contribution in [1.29, 1.82) is 0 Å². The molecule has 6 nitrogen and oxygen atoms in total. The molecule has 0 fully saturated rings. The number of para-hydroxylation sites is 1. The number of hydrogen-bond acceptors (Lipinski definition) is 5. The minimum absolute atomic E-state index is 0.0144. The lowest BCUT2D eigenvalue weighted by molar-refractivity contribution is -0.123. The van der Waals surface area contributed by atoms with Crippen LogP contribution in [0.4, 0.5) is 4.39 Å². The molecule has 2 N–H and O–H groups in total. The lowest BCUT2D eigenvalue weighted by atomic mass is 10.2. The molecule has 2 aromatic rings. The molecule has 126 valence electrons. The summed E-state index contributed by atoms with van der Waals surface area (Å²) >= 11 is 3.30. The van der Waals surface area contributed by atoms with Crippen LogP contribution in [0.2, 0.25) is 0 Å². The Morgan fingerprint density at radius 3 is 2.83 bits per heavy atom. The lowest BCUT2D eigenvalue weighted by Crippen LogP contribution is -2.24. The molecule has 8 heteroatoms. The van der Waals surface area contributed by atoms with Crippen molar-refractivity contribution in [3.63, 3.8) is 0 Å². The third-order valence-corrected chi connectivity index (χ3v) is 3.57. The fourth-order valence-corrected chi connectivity index (χ4v) is 2.16. The van der Waals surface area contributed by atoms with Gasteiger partial charge in [0.1, 0.15) is 0 Å². The summed E-state index contributed by atoms with van der Waals surface area (Å²) in [6.45, 7) is -0.382. The summed E-state index contributed by atoms with van der Waals surface area (Å²) in [7, 11) is 1.44. The molecule has 2 rings (SSSR count). The number of nitrogens with one attached hydrogen (secondary N) is 1. The van der Waals surface area contributed by atoms with Gasteiger partial charge >= 0.3 is 0 Å². The van der Waals surface area contributed by atoms with Crippen LogP contribution in [0, 0.1) is 5.82 Å². The summed E-state index contributed by atoms with van der Waals surface area (Å²) in [5.74, 6) is -0.869. The van der Waals surface area contributed by atoms with Gasteiger partial charge in [0.25, 0.3) is 5.91 Å². The van der Waals surface area contributed by atoms with Gasteiger partial charge in [0.15, 0.2) is 29.7 Å². The third-order valence-electron chi connectivity index (χ3n) is 2.89. The van der Waals surface area contributed by atoms with E-state index in [9.17, 15) is 14.3 Å². The number of methoxy groups -OCH3 is 1. The summed E-state index contributed by atoms with van der Waals surface area (Å²) in [4.78, 5) is 11.6. The van der Waals surface area contributed by atoms with Crippen LogP contribution >= 0.6 is 15.9 Å². The first-order valence-electron chi connectivity index (χ1n) is 6.77. The van der Waals surface area contributed by atoms with Crippen LogP contribution in [-0.4, -0.2) is 30.9 Å². The average molecular weight is 397 g/mol. The fourth-order valence-electron chi connectivity index (χ4n) is 1.73. The highest BCUT2D eigenvalue weighted by molar-refractivity contribution is 9.10. The molecule has 24 heavy (non-hydrogen) atoms. The van der Waals surface area contributed by atoms with Crippen LogP contribution in [0.1, 0.15) is 5.56 Å². The normalized spacial score (nSPS) is 10.6. The van der Waals surface area contributed by atoms with E-state index in [1.54, 1.807) is 12.1 Å². The van der Waals surface area contributed by atoms with Crippen LogP contribution < -0.4 is 14.9 Å². The van der Waals surface area contributed by atoms with Gasteiger partial charge in [-0.25, -0.2) is 9.82 Å². The quantitative estimate of drug-likeness (QED) is 0.581. The number of benzene rings is 2. The largest absolute Gasteiger partial charge is 0.504 e. The van der Waals surface area contributed by atoms with Gasteiger partial charge in [-0.2, -0.15) is 5.10 Å². The first-order chi connectivity index (χ1) is 11.5. The second-order valence-corrected chi connectivity index (χ2v) is 5.41. The zero-order chi connectivity index (χ0) is 17.5. The summed E-state index contributed by atoms with van der Waals surface area (Å²) < 4.78 is 24.0. The molecule has 0 heterocycles. The number of carbonyl (C=O) groups is 1. The Morgan fingerprint density at radius 2 is 2.12 bits per heavy atom. The Kier molecular flexibility index (Phi) is 6.14. The molecular weight excluding hydrogens is 383 g/mol. The minimum atomic E-state index is -0.552. The minimum Gasteiger partial charge on any atom is -0.504 e. The van der Waals surface area contributed by atoms with E-state index in [1.807, 2.05) is 0 Å². The van der Waals surface area contributed by atoms with Gasteiger partial charge in [-0.05, 0) is 40.2 Å². The molecule has 0 aliphatic carbocycles. The molecule has 0 unspecified atom stereocenters. The standard InChI is InChI=1S/C16H14BrFN2O4/c1-23-15-7-11(17)10(6-13(15)21)8-19-20-16(22)9-24-14-5-3-2-4-12(14)18/h2-8,21H,9H2,1H3,(H,20,22)/b19-8-. The summed E-state index contributed by atoms with van der Waals surface area (Å²) in [5.41, 5.74) is 2.78. The molecule has 0 aliphatic rings. The van der Waals surface area contributed by atoms with Crippen molar-refractivity contribution in [2.24, 2.45) is 5.10 Å². The van der Waals surface area contributed by atoms with Crippen LogP contribution in [-0.2, 0) is 4.79 Å². The predicted molar refractivity (Wildman–Crippen MR) is 90.0 cm³/mol. The van der Waals surface area contributed by atoms with Gasteiger partial charge in [-0.15, -0.1) is 0 Å². The topological polar surface area (TPSA) is 80.2 Å². The van der Waals surface area contributed by atoms with Gasteiger partial charge in [-0.3, -0.25) is 4.79 Å². The van der Waals surface area contributed by atoms with E-state index in [1.165, 1.54) is 37.6 Å². The van der Waals surface area contributed by atoms with Crippen molar-refractivity contribution in [2.75, 3.05) is 13.7 Å². The number of aromatic hydroxyl groups is 1. The summed E-state index contributed by atoms with van der Waals surface area (Å²) in [5, 5.41) is 13.5. The number of carbonyl (C=O) groups excluding carboxylic acids is 1. The van der Waals surface area contributed by atoms with Crippen molar-refractivity contribution in [1.82, 2.24) is 5.43 Å². The number of amides is 1. The van der Waals surface area contributed by atoms with Crippen molar-refractivity contribution in [2.45, 2.75) is 0 Å². The number of halogens is 2. The van der Waals surface area contributed by atoms with Crippen molar-refractivity contribution >= 4 is 28.1 Å². The molecule has 0 saturated heterocycles. The van der Waals surface area contributed by atoms with E-state index >= 15 is 0 Å². The highest BCUT2D eigenvalue weighted by atomic mass is 79.9. The zero-order valence-electron chi connectivity index (χ0n) is 12.6. The van der Waals surface area contributed by atoms with Crippen LogP contribution in [0.3, 0.4) is 0 Å². The highest BCUT2D eigenvalue weighted by Crippen LogP contribution is 2.31. The maximum atomic E-state index is 13.3. The number of nitrogens with zero attached hydrogens (tertiary/aromatic N) is 1. The van der Waals surface area contributed by atoms with Gasteiger partial charge < -0.3 is 14.6 Å². The van der Waals surface area contributed by atoms with E-state index in [0.29, 0.717) is 15.8 Å². The van der Waals surface area contributed by atoms with E-state index in [2.05, 4.69) is 26.5 Å². The molecular formula is C16H14BrFN2O4. The van der Waals surface area contributed by atoms with E-state index in [4.69, 9.17) is 9.47 Å². The molecule has 0 saturated carbocycles. The Hall–Kier alpha value is -2.61. The number of hydrogen-bond donors (Lipinski definition) is 2. The molecule has 2 aromatic carbocycles. The van der Waals surface area contributed by atoms with Crippen molar-refractivity contribution in [3.8, 4) is 17.2 Å². The number of rotatable bonds is 6. The predicted octanol–water partition coefficient (Wildman–Crippen LogP) is 2.83.